The molecule has 0 bridgehead atoms. The molecular formula is C23H25N3O5S2. The SMILES string of the molecule is CCOC(=O)c1c(NC(=O)Cc2c(C)nn(-c3ccccc3)c2C)sc2c1CCS(=O)(=O)C2. The van der Waals surface area contributed by atoms with Gasteiger partial charge in [0.1, 0.15) is 5.00 Å². The van der Waals surface area contributed by atoms with Crippen LogP contribution in [-0.4, -0.2) is 42.4 Å². The maximum Gasteiger partial charge on any atom is 0.341 e. The van der Waals surface area contributed by atoms with Gasteiger partial charge in [0.05, 0.1) is 41.5 Å². The van der Waals surface area contributed by atoms with Gasteiger partial charge in [0.15, 0.2) is 9.84 Å². The molecule has 0 saturated heterocycles. The molecule has 4 rings (SSSR count). The standard InChI is InChI=1S/C23H25N3O5S2/c1-4-31-23(28)21-17-10-11-33(29,30)13-19(17)32-22(21)24-20(27)12-18-14(2)25-26(15(18)3)16-8-6-5-7-9-16/h5-9H,4,10-13H2,1-3H3,(H,24,27). The molecule has 10 heteroatoms. The summed E-state index contributed by atoms with van der Waals surface area (Å²) in [5.74, 6) is -1.00. The Morgan fingerprint density at radius 1 is 1.21 bits per heavy atom. The van der Waals surface area contributed by atoms with Crippen LogP contribution in [-0.2, 0) is 38.0 Å². The number of para-hydroxylation sites is 1. The van der Waals surface area contributed by atoms with Crippen LogP contribution in [0.4, 0.5) is 5.00 Å². The van der Waals surface area contributed by atoms with E-state index in [1.165, 1.54) is 0 Å². The molecule has 0 saturated carbocycles. The van der Waals surface area contributed by atoms with Crippen molar-refractivity contribution in [3.05, 3.63) is 63.3 Å². The van der Waals surface area contributed by atoms with Gasteiger partial charge < -0.3 is 10.1 Å². The Labute approximate surface area is 196 Å². The van der Waals surface area contributed by atoms with Crippen molar-refractivity contribution < 1.29 is 22.7 Å². The molecule has 1 amide bonds. The van der Waals surface area contributed by atoms with Crippen LogP contribution in [0.1, 0.15) is 44.7 Å². The zero-order valence-corrected chi connectivity index (χ0v) is 20.3. The fourth-order valence-electron chi connectivity index (χ4n) is 4.01. The quantitative estimate of drug-likeness (QED) is 0.534. The molecule has 8 nitrogen and oxygen atoms in total. The summed E-state index contributed by atoms with van der Waals surface area (Å²) in [7, 11) is -3.21. The largest absolute Gasteiger partial charge is 0.462 e. The minimum absolute atomic E-state index is 0.0203. The summed E-state index contributed by atoms with van der Waals surface area (Å²) in [6, 6.07) is 9.66. The highest BCUT2D eigenvalue weighted by atomic mass is 32.2. The predicted molar refractivity (Wildman–Crippen MR) is 127 cm³/mol. The molecule has 33 heavy (non-hydrogen) atoms. The average Bonchev–Trinajstić information content (AvgIpc) is 3.24. The van der Waals surface area contributed by atoms with Crippen molar-refractivity contribution in [1.29, 1.82) is 0 Å². The third-order valence-electron chi connectivity index (χ3n) is 5.62. The Balaban J connectivity index is 1.61. The summed E-state index contributed by atoms with van der Waals surface area (Å²) in [5.41, 5.74) is 4.24. The van der Waals surface area contributed by atoms with E-state index in [1.54, 1.807) is 11.6 Å². The minimum atomic E-state index is -3.21. The predicted octanol–water partition coefficient (Wildman–Crippen LogP) is 3.38. The van der Waals surface area contributed by atoms with Gasteiger partial charge in [0, 0.05) is 16.1 Å². The Kier molecular flexibility index (Phi) is 6.40. The Hall–Kier alpha value is -2.98. The van der Waals surface area contributed by atoms with Gasteiger partial charge in [0.2, 0.25) is 5.91 Å². The van der Waals surface area contributed by atoms with E-state index in [0.717, 1.165) is 34.0 Å². The topological polar surface area (TPSA) is 107 Å². The first-order chi connectivity index (χ1) is 15.7. The van der Waals surface area contributed by atoms with E-state index in [0.29, 0.717) is 15.4 Å². The van der Waals surface area contributed by atoms with Gasteiger partial charge in [-0.25, -0.2) is 17.9 Å². The second-order valence-electron chi connectivity index (χ2n) is 7.89. The number of carbonyl (C=O) groups is 2. The number of esters is 1. The summed E-state index contributed by atoms with van der Waals surface area (Å²) in [6.07, 6.45) is 0.313. The normalized spacial score (nSPS) is 14.5. The molecule has 3 heterocycles. The lowest BCUT2D eigenvalue weighted by molar-refractivity contribution is -0.115. The molecule has 1 N–H and O–H groups in total. The molecule has 0 unspecified atom stereocenters. The van der Waals surface area contributed by atoms with Crippen molar-refractivity contribution in [3.63, 3.8) is 0 Å². The van der Waals surface area contributed by atoms with Crippen LogP contribution in [0.3, 0.4) is 0 Å². The lowest BCUT2D eigenvalue weighted by Crippen LogP contribution is -2.20. The van der Waals surface area contributed by atoms with E-state index in [9.17, 15) is 18.0 Å². The third kappa shape index (κ3) is 4.72. The van der Waals surface area contributed by atoms with E-state index >= 15 is 0 Å². The van der Waals surface area contributed by atoms with Crippen LogP contribution in [0.15, 0.2) is 30.3 Å². The molecule has 1 aliphatic heterocycles. The van der Waals surface area contributed by atoms with Crippen molar-refractivity contribution in [3.8, 4) is 5.69 Å². The maximum atomic E-state index is 13.0. The fraction of sp³-hybridized carbons (Fsp3) is 0.348. The maximum absolute atomic E-state index is 13.0. The number of sulfone groups is 1. The number of nitrogens with zero attached hydrogens (tertiary/aromatic N) is 2. The number of benzene rings is 1. The highest BCUT2D eigenvalue weighted by Crippen LogP contribution is 2.38. The monoisotopic (exact) mass is 487 g/mol. The molecule has 2 aromatic heterocycles. The first-order valence-electron chi connectivity index (χ1n) is 10.6. The van der Waals surface area contributed by atoms with Gasteiger partial charge in [-0.2, -0.15) is 5.10 Å². The van der Waals surface area contributed by atoms with E-state index in [2.05, 4.69) is 10.4 Å². The van der Waals surface area contributed by atoms with Gasteiger partial charge in [0.25, 0.3) is 0 Å². The molecule has 0 spiro atoms. The molecule has 174 valence electrons. The summed E-state index contributed by atoms with van der Waals surface area (Å²) in [5, 5.41) is 7.75. The number of hydrogen-bond donors (Lipinski definition) is 1. The smallest absolute Gasteiger partial charge is 0.341 e. The number of thiophene rings is 1. The lowest BCUT2D eigenvalue weighted by atomic mass is 10.1. The van der Waals surface area contributed by atoms with Crippen LogP contribution in [0.25, 0.3) is 5.69 Å². The number of nitrogens with one attached hydrogen (secondary N) is 1. The molecular weight excluding hydrogens is 462 g/mol. The zero-order valence-electron chi connectivity index (χ0n) is 18.7. The second-order valence-corrected chi connectivity index (χ2v) is 11.2. The highest BCUT2D eigenvalue weighted by molar-refractivity contribution is 7.90. The number of ether oxygens (including phenoxy) is 1. The van der Waals surface area contributed by atoms with Crippen molar-refractivity contribution >= 4 is 38.1 Å². The van der Waals surface area contributed by atoms with Crippen molar-refractivity contribution in [2.75, 3.05) is 17.7 Å². The second kappa shape index (κ2) is 9.11. The van der Waals surface area contributed by atoms with Crippen LogP contribution in [0.5, 0.6) is 0 Å². The van der Waals surface area contributed by atoms with E-state index in [-0.39, 0.29) is 42.4 Å². The van der Waals surface area contributed by atoms with E-state index < -0.39 is 15.8 Å². The summed E-state index contributed by atoms with van der Waals surface area (Å²) >= 11 is 1.14. The number of fused-ring (bicyclic) bond motifs is 1. The number of hydrogen-bond acceptors (Lipinski definition) is 7. The average molecular weight is 488 g/mol. The van der Waals surface area contributed by atoms with E-state index in [4.69, 9.17) is 4.74 Å². The molecule has 1 aromatic carbocycles. The number of amides is 1. The van der Waals surface area contributed by atoms with Crippen molar-refractivity contribution in [1.82, 2.24) is 9.78 Å². The van der Waals surface area contributed by atoms with Gasteiger partial charge in [-0.1, -0.05) is 18.2 Å². The molecule has 0 atom stereocenters. The molecule has 0 fully saturated rings. The number of aromatic nitrogens is 2. The highest BCUT2D eigenvalue weighted by Gasteiger charge is 2.32. The van der Waals surface area contributed by atoms with Gasteiger partial charge in [-0.15, -0.1) is 11.3 Å². The summed E-state index contributed by atoms with van der Waals surface area (Å²) in [4.78, 5) is 26.2. The molecule has 3 aromatic rings. The first kappa shape index (κ1) is 23.2. The van der Waals surface area contributed by atoms with Gasteiger partial charge >= 0.3 is 5.97 Å². The summed E-state index contributed by atoms with van der Waals surface area (Å²) < 4.78 is 31.2. The molecule has 1 aliphatic rings. The van der Waals surface area contributed by atoms with Crippen molar-refractivity contribution in [2.24, 2.45) is 0 Å². The van der Waals surface area contributed by atoms with Crippen LogP contribution in [0, 0.1) is 13.8 Å². The minimum Gasteiger partial charge on any atom is -0.462 e. The van der Waals surface area contributed by atoms with Crippen LogP contribution < -0.4 is 5.32 Å². The number of rotatable bonds is 6. The Morgan fingerprint density at radius 2 is 1.94 bits per heavy atom. The molecule has 0 radical (unpaired) electrons. The molecule has 0 aliphatic carbocycles. The van der Waals surface area contributed by atoms with Crippen molar-refractivity contribution in [2.45, 2.75) is 39.4 Å². The van der Waals surface area contributed by atoms with Crippen LogP contribution in [0.2, 0.25) is 0 Å². The number of carbonyl (C=O) groups excluding carboxylic acids is 2. The fourth-order valence-corrected chi connectivity index (χ4v) is 7.07. The van der Waals surface area contributed by atoms with E-state index in [1.807, 2.05) is 44.2 Å². The first-order valence-corrected chi connectivity index (χ1v) is 13.3. The van der Waals surface area contributed by atoms with Gasteiger partial charge in [-0.05, 0) is 44.9 Å². The number of aryl methyl sites for hydroxylation is 1. The number of anilines is 1. The van der Waals surface area contributed by atoms with Crippen LogP contribution >= 0.6 is 11.3 Å². The van der Waals surface area contributed by atoms with Gasteiger partial charge in [-0.3, -0.25) is 4.79 Å². The summed E-state index contributed by atoms with van der Waals surface area (Å²) in [6.45, 7) is 5.66. The zero-order chi connectivity index (χ0) is 23.8. The third-order valence-corrected chi connectivity index (χ3v) is 8.50. The Morgan fingerprint density at radius 3 is 2.64 bits per heavy atom. The Bertz CT molecular complexity index is 1320. The lowest BCUT2D eigenvalue weighted by Gasteiger charge is -2.13.